The molecule has 2 heterocycles. The smallest absolute Gasteiger partial charge is 0.342 e. The fourth-order valence-electron chi connectivity index (χ4n) is 4.80. The topological polar surface area (TPSA) is 64.1 Å². The number of halogens is 2. The molecule has 0 radical (unpaired) electrons. The van der Waals surface area contributed by atoms with E-state index in [4.69, 9.17) is 25.8 Å². The van der Waals surface area contributed by atoms with Crippen LogP contribution >= 0.6 is 11.6 Å². The van der Waals surface area contributed by atoms with Crippen molar-refractivity contribution in [3.63, 3.8) is 0 Å². The largest absolute Gasteiger partial charge is 0.493 e. The van der Waals surface area contributed by atoms with E-state index in [1.54, 1.807) is 37.6 Å². The van der Waals surface area contributed by atoms with Crippen LogP contribution in [0.1, 0.15) is 48.7 Å². The number of pyridine rings is 1. The van der Waals surface area contributed by atoms with Gasteiger partial charge in [0.15, 0.2) is 11.5 Å². The maximum atomic E-state index is 14.1. The number of esters is 1. The van der Waals surface area contributed by atoms with Crippen molar-refractivity contribution in [2.75, 3.05) is 31.6 Å². The molecule has 0 unspecified atom stereocenters. The first-order valence-corrected chi connectivity index (χ1v) is 13.6. The first-order valence-electron chi connectivity index (χ1n) is 13.2. The summed E-state index contributed by atoms with van der Waals surface area (Å²) in [6.45, 7) is 8.95. The van der Waals surface area contributed by atoms with Gasteiger partial charge in [0, 0.05) is 37.4 Å². The number of methoxy groups -OCH3 is 1. The minimum absolute atomic E-state index is 0.000425. The van der Waals surface area contributed by atoms with Gasteiger partial charge in [-0.05, 0) is 68.8 Å². The molecular weight excluding hydrogens is 521 g/mol. The highest BCUT2D eigenvalue weighted by Gasteiger charge is 2.30. The van der Waals surface area contributed by atoms with Gasteiger partial charge in [0.2, 0.25) is 0 Å². The average molecular weight is 556 g/mol. The Bertz CT molecular complexity index is 1270. The molecule has 0 aliphatic carbocycles. The molecule has 208 valence electrons. The summed E-state index contributed by atoms with van der Waals surface area (Å²) in [5, 5.41) is 0.324. The normalized spacial score (nSPS) is 15.2. The van der Waals surface area contributed by atoms with Crippen molar-refractivity contribution < 1.29 is 23.4 Å². The molecule has 2 aromatic carbocycles. The number of rotatable bonds is 11. The summed E-state index contributed by atoms with van der Waals surface area (Å²) in [6.07, 6.45) is 2.46. The van der Waals surface area contributed by atoms with Crippen molar-refractivity contribution in [2.24, 2.45) is 0 Å². The first kappa shape index (κ1) is 28.6. The van der Waals surface area contributed by atoms with Gasteiger partial charge in [-0.15, -0.1) is 0 Å². The molecule has 39 heavy (non-hydrogen) atoms. The lowest BCUT2D eigenvalue weighted by Crippen LogP contribution is -2.37. The Balaban J connectivity index is 1.43. The fourth-order valence-corrected chi connectivity index (χ4v) is 5.02. The molecular formula is C30H35ClFN3O4. The van der Waals surface area contributed by atoms with Crippen LogP contribution in [0, 0.1) is 5.82 Å². The number of carbonyl (C=O) groups excluding carboxylic acids is 1. The molecule has 7 nitrogen and oxygen atoms in total. The standard InChI is InChI=1S/C30H35ClFN3O4/c1-5-34(22-13-15-35(18-22)29-23(8-7-14-33-29)30(36)39-20(2)3)17-21-11-12-27(28(16-21)37-4)38-19-24-25(31)9-6-10-26(24)32/h6-12,14,16,20,22H,5,13,15,17-19H2,1-4H3/t22-/m0/s1. The molecule has 1 aromatic heterocycles. The molecule has 0 amide bonds. The van der Waals surface area contributed by atoms with Gasteiger partial charge in [0.05, 0.1) is 18.2 Å². The predicted octanol–water partition coefficient (Wildman–Crippen LogP) is 6.13. The van der Waals surface area contributed by atoms with E-state index < -0.39 is 5.82 Å². The first-order chi connectivity index (χ1) is 18.8. The number of ether oxygens (including phenoxy) is 3. The number of nitrogens with zero attached hydrogens (tertiary/aromatic N) is 3. The lowest BCUT2D eigenvalue weighted by atomic mass is 10.1. The van der Waals surface area contributed by atoms with E-state index in [-0.39, 0.29) is 24.7 Å². The van der Waals surface area contributed by atoms with Gasteiger partial charge < -0.3 is 19.1 Å². The second-order valence-corrected chi connectivity index (χ2v) is 10.2. The molecule has 1 saturated heterocycles. The van der Waals surface area contributed by atoms with Gasteiger partial charge in [-0.2, -0.15) is 0 Å². The van der Waals surface area contributed by atoms with E-state index >= 15 is 0 Å². The van der Waals surface area contributed by atoms with Crippen molar-refractivity contribution in [1.82, 2.24) is 9.88 Å². The van der Waals surface area contributed by atoms with E-state index in [0.29, 0.717) is 33.5 Å². The number of likely N-dealkylation sites (N-methyl/N-ethyl adjacent to an activating group) is 1. The Morgan fingerprint density at radius 2 is 2.03 bits per heavy atom. The third-order valence-corrected chi connectivity index (χ3v) is 7.14. The molecule has 1 fully saturated rings. The molecule has 0 N–H and O–H groups in total. The van der Waals surface area contributed by atoms with E-state index in [9.17, 15) is 9.18 Å². The highest BCUT2D eigenvalue weighted by Crippen LogP contribution is 2.32. The molecule has 4 rings (SSSR count). The van der Waals surface area contributed by atoms with Gasteiger partial charge in [-0.25, -0.2) is 14.2 Å². The Hall–Kier alpha value is -3.36. The zero-order valence-corrected chi connectivity index (χ0v) is 23.6. The molecule has 9 heteroatoms. The van der Waals surface area contributed by atoms with Crippen molar-refractivity contribution >= 4 is 23.4 Å². The number of anilines is 1. The number of aromatic nitrogens is 1. The van der Waals surface area contributed by atoms with Crippen LogP contribution in [0.25, 0.3) is 0 Å². The maximum Gasteiger partial charge on any atom is 0.342 e. The number of hydrogen-bond donors (Lipinski definition) is 0. The molecule has 0 saturated carbocycles. The van der Waals surface area contributed by atoms with E-state index in [1.807, 2.05) is 32.0 Å². The number of hydrogen-bond acceptors (Lipinski definition) is 7. The zero-order valence-electron chi connectivity index (χ0n) is 22.8. The molecule has 1 aliphatic rings. The van der Waals surface area contributed by atoms with Crippen LogP contribution < -0.4 is 14.4 Å². The second-order valence-electron chi connectivity index (χ2n) is 9.75. The van der Waals surface area contributed by atoms with Crippen LogP contribution in [0.2, 0.25) is 5.02 Å². The van der Waals surface area contributed by atoms with Crippen molar-refractivity contribution in [2.45, 2.75) is 52.5 Å². The van der Waals surface area contributed by atoms with Crippen LogP contribution in [0.4, 0.5) is 10.2 Å². The average Bonchev–Trinajstić information content (AvgIpc) is 3.41. The van der Waals surface area contributed by atoms with Gasteiger partial charge in [0.25, 0.3) is 0 Å². The number of benzene rings is 2. The third-order valence-electron chi connectivity index (χ3n) is 6.78. The monoisotopic (exact) mass is 555 g/mol. The lowest BCUT2D eigenvalue weighted by molar-refractivity contribution is 0.0378. The Morgan fingerprint density at radius 1 is 1.21 bits per heavy atom. The Kier molecular flexibility index (Phi) is 9.64. The second kappa shape index (κ2) is 13.1. The van der Waals surface area contributed by atoms with Crippen molar-refractivity contribution in [1.29, 1.82) is 0 Å². The summed E-state index contributed by atoms with van der Waals surface area (Å²) in [4.78, 5) is 21.7. The van der Waals surface area contributed by atoms with Crippen LogP contribution in [0.5, 0.6) is 11.5 Å². The highest BCUT2D eigenvalue weighted by molar-refractivity contribution is 6.31. The summed E-state index contributed by atoms with van der Waals surface area (Å²) >= 11 is 6.14. The fraction of sp³-hybridized carbons (Fsp3) is 0.400. The van der Waals surface area contributed by atoms with Gasteiger partial charge in [0.1, 0.15) is 23.8 Å². The Labute approximate surface area is 234 Å². The minimum atomic E-state index is -0.406. The summed E-state index contributed by atoms with van der Waals surface area (Å²) in [5.74, 6) is 1.00. The van der Waals surface area contributed by atoms with Gasteiger partial charge >= 0.3 is 5.97 Å². The summed E-state index contributed by atoms with van der Waals surface area (Å²) in [7, 11) is 1.59. The lowest BCUT2D eigenvalue weighted by Gasteiger charge is -2.28. The predicted molar refractivity (Wildman–Crippen MR) is 150 cm³/mol. The van der Waals surface area contributed by atoms with Crippen LogP contribution in [-0.4, -0.2) is 54.7 Å². The molecule has 3 aromatic rings. The molecule has 0 bridgehead atoms. The van der Waals surface area contributed by atoms with E-state index in [2.05, 4.69) is 21.7 Å². The molecule has 0 spiro atoms. The highest BCUT2D eigenvalue weighted by atomic mass is 35.5. The van der Waals surface area contributed by atoms with Gasteiger partial charge in [-0.3, -0.25) is 4.90 Å². The van der Waals surface area contributed by atoms with Crippen LogP contribution in [-0.2, 0) is 17.9 Å². The van der Waals surface area contributed by atoms with Crippen LogP contribution in [0.15, 0.2) is 54.7 Å². The third kappa shape index (κ3) is 6.99. The zero-order chi connectivity index (χ0) is 27.9. The van der Waals surface area contributed by atoms with E-state index in [1.165, 1.54) is 6.07 Å². The van der Waals surface area contributed by atoms with E-state index in [0.717, 1.165) is 38.2 Å². The summed E-state index contributed by atoms with van der Waals surface area (Å²) < 4.78 is 31.0. The van der Waals surface area contributed by atoms with Gasteiger partial charge in [-0.1, -0.05) is 30.7 Å². The van der Waals surface area contributed by atoms with Crippen LogP contribution in [0.3, 0.4) is 0 Å². The van der Waals surface area contributed by atoms with Crippen molar-refractivity contribution in [3.05, 3.63) is 82.3 Å². The minimum Gasteiger partial charge on any atom is -0.493 e. The summed E-state index contributed by atoms with van der Waals surface area (Å²) in [6, 6.07) is 14.2. The molecule has 1 atom stereocenters. The van der Waals surface area contributed by atoms with Crippen molar-refractivity contribution in [3.8, 4) is 11.5 Å². The Morgan fingerprint density at radius 3 is 2.74 bits per heavy atom. The quantitative estimate of drug-likeness (QED) is 0.264. The number of carbonyl (C=O) groups is 1. The molecule has 1 aliphatic heterocycles. The SMILES string of the molecule is CCN(Cc1ccc(OCc2c(F)cccc2Cl)c(OC)c1)[C@H]1CCN(c2ncccc2C(=O)OC(C)C)C1. The summed E-state index contributed by atoms with van der Waals surface area (Å²) in [5.41, 5.74) is 1.87. The maximum absolute atomic E-state index is 14.1.